The molecule has 6 heteroatoms. The van der Waals surface area contributed by atoms with Crippen LogP contribution in [0.4, 0.5) is 0 Å². The van der Waals surface area contributed by atoms with Crippen LogP contribution in [-0.4, -0.2) is 41.3 Å². The van der Waals surface area contributed by atoms with Crippen molar-refractivity contribution in [2.45, 2.75) is 25.4 Å². The van der Waals surface area contributed by atoms with Crippen molar-refractivity contribution in [2.75, 3.05) is 7.05 Å². The Bertz CT molecular complexity index is 527. The molecule has 1 aliphatic rings. The Kier molecular flexibility index (Phi) is 8.06. The first-order chi connectivity index (χ1) is 8.99. The van der Waals surface area contributed by atoms with Crippen LogP contribution in [-0.2, 0) is 4.79 Å². The second-order valence-corrected chi connectivity index (χ2v) is 4.87. The fourth-order valence-corrected chi connectivity index (χ4v) is 2.26. The molecule has 0 fully saturated rings. The van der Waals surface area contributed by atoms with Crippen molar-refractivity contribution in [1.82, 2.24) is 4.90 Å². The van der Waals surface area contributed by atoms with E-state index in [1.807, 2.05) is 19.1 Å². The van der Waals surface area contributed by atoms with Gasteiger partial charge in [-0.2, -0.15) is 0 Å². The standard InChI is InChI=1S/C15H17NO3.Na.H2O/c1-10-3-5-11(6-4-10)15(19)13-8-7-12(16(13)2)9-14(17)18;;/h3-8,12-13H,9H2,1-2H3,(H,17,18);;1H2/q;+1;/p-1. The van der Waals surface area contributed by atoms with Gasteiger partial charge in [-0.25, -0.2) is 0 Å². The topological polar surface area (TPSA) is 91.9 Å². The van der Waals surface area contributed by atoms with Crippen LogP contribution < -0.4 is 34.7 Å². The maximum absolute atomic E-state index is 12.3. The third-order valence-corrected chi connectivity index (χ3v) is 3.46. The number of hydrogen-bond donors (Lipinski definition) is 0. The average molecular weight is 299 g/mol. The summed E-state index contributed by atoms with van der Waals surface area (Å²) in [5, 5.41) is 10.6. The Morgan fingerprint density at radius 1 is 1.19 bits per heavy atom. The van der Waals surface area contributed by atoms with E-state index in [-0.39, 0.29) is 53.3 Å². The summed E-state index contributed by atoms with van der Waals surface area (Å²) in [5.41, 5.74) is 1.74. The number of aryl methyl sites for hydroxylation is 1. The van der Waals surface area contributed by atoms with Crippen LogP contribution in [0.25, 0.3) is 0 Å². The molecule has 108 valence electrons. The SMILES string of the molecule is Cc1ccc(C(=O)C2C=CC(CC(=O)[O-])N2C)cc1.O.[Na+]. The van der Waals surface area contributed by atoms with E-state index >= 15 is 0 Å². The summed E-state index contributed by atoms with van der Waals surface area (Å²) in [5.74, 6) is -1.12. The second kappa shape index (κ2) is 8.46. The summed E-state index contributed by atoms with van der Waals surface area (Å²) in [7, 11) is 1.75. The maximum Gasteiger partial charge on any atom is 1.00 e. The molecular weight excluding hydrogens is 281 g/mol. The summed E-state index contributed by atoms with van der Waals surface area (Å²) >= 11 is 0. The number of Topliss-reactive ketones (excluding diaryl/α,β-unsaturated/α-hetero) is 1. The van der Waals surface area contributed by atoms with Crippen LogP contribution in [0.3, 0.4) is 0 Å². The Balaban J connectivity index is 0.00000200. The summed E-state index contributed by atoms with van der Waals surface area (Å²) in [4.78, 5) is 24.7. The zero-order valence-electron chi connectivity index (χ0n) is 12.5. The molecule has 21 heavy (non-hydrogen) atoms. The van der Waals surface area contributed by atoms with Gasteiger partial charge < -0.3 is 15.4 Å². The molecule has 1 aromatic carbocycles. The van der Waals surface area contributed by atoms with Gasteiger partial charge in [-0.05, 0) is 14.0 Å². The van der Waals surface area contributed by atoms with Gasteiger partial charge in [-0.15, -0.1) is 0 Å². The van der Waals surface area contributed by atoms with Crippen LogP contribution in [0.2, 0.25) is 0 Å². The predicted octanol–water partition coefficient (Wildman–Crippen LogP) is -3.26. The van der Waals surface area contributed by atoms with E-state index in [9.17, 15) is 14.7 Å². The van der Waals surface area contributed by atoms with Crippen LogP contribution in [0.1, 0.15) is 22.3 Å². The molecule has 1 aliphatic heterocycles. The number of hydrogen-bond acceptors (Lipinski definition) is 4. The number of likely N-dealkylation sites (N-methyl/N-ethyl adjacent to an activating group) is 1. The zero-order chi connectivity index (χ0) is 14.0. The van der Waals surface area contributed by atoms with E-state index in [1.165, 1.54) is 0 Å². The van der Waals surface area contributed by atoms with Crippen molar-refractivity contribution in [3.63, 3.8) is 0 Å². The Morgan fingerprint density at radius 3 is 2.29 bits per heavy atom. The largest absolute Gasteiger partial charge is 1.00 e. The van der Waals surface area contributed by atoms with Gasteiger partial charge in [0, 0.05) is 24.0 Å². The van der Waals surface area contributed by atoms with Crippen molar-refractivity contribution in [1.29, 1.82) is 0 Å². The molecule has 2 N–H and O–H groups in total. The smallest absolute Gasteiger partial charge is 0.550 e. The Morgan fingerprint density at radius 2 is 1.76 bits per heavy atom. The molecular formula is C15H18NNaO4. The summed E-state index contributed by atoms with van der Waals surface area (Å²) in [6.07, 6.45) is 3.42. The predicted molar refractivity (Wildman–Crippen MR) is 73.2 cm³/mol. The fraction of sp³-hybridized carbons (Fsp3) is 0.333. The van der Waals surface area contributed by atoms with Gasteiger partial charge in [0.25, 0.3) is 0 Å². The molecule has 0 saturated carbocycles. The van der Waals surface area contributed by atoms with Gasteiger partial charge in [0.15, 0.2) is 5.78 Å². The second-order valence-electron chi connectivity index (χ2n) is 4.87. The van der Waals surface area contributed by atoms with Gasteiger partial charge in [-0.3, -0.25) is 9.69 Å². The molecule has 2 unspecified atom stereocenters. The van der Waals surface area contributed by atoms with Crippen molar-refractivity contribution >= 4 is 11.8 Å². The van der Waals surface area contributed by atoms with Crippen LogP contribution >= 0.6 is 0 Å². The number of aliphatic carboxylic acids is 1. The van der Waals surface area contributed by atoms with Gasteiger partial charge in [-0.1, -0.05) is 42.0 Å². The number of carboxylic acid groups (broad SMARTS) is 1. The normalized spacial score (nSPS) is 20.5. The molecule has 0 aliphatic carbocycles. The molecule has 5 nitrogen and oxygen atoms in total. The summed E-state index contributed by atoms with van der Waals surface area (Å²) < 4.78 is 0. The molecule has 0 bridgehead atoms. The van der Waals surface area contributed by atoms with E-state index in [1.54, 1.807) is 36.2 Å². The monoisotopic (exact) mass is 299 g/mol. The maximum atomic E-state index is 12.3. The van der Waals surface area contributed by atoms with Gasteiger partial charge >= 0.3 is 29.6 Å². The quantitative estimate of drug-likeness (QED) is 0.331. The number of nitrogens with zero attached hydrogens (tertiary/aromatic N) is 1. The van der Waals surface area contributed by atoms with E-state index in [0.29, 0.717) is 5.56 Å². The molecule has 0 spiro atoms. The van der Waals surface area contributed by atoms with Crippen molar-refractivity contribution in [2.24, 2.45) is 0 Å². The molecule has 1 aromatic rings. The molecule has 1 heterocycles. The number of carbonyl (C=O) groups excluding carboxylic acids is 2. The first kappa shape index (κ1) is 20.0. The first-order valence-electron chi connectivity index (χ1n) is 6.20. The van der Waals surface area contributed by atoms with Crippen molar-refractivity contribution in [3.8, 4) is 0 Å². The van der Waals surface area contributed by atoms with Gasteiger partial charge in [0.2, 0.25) is 0 Å². The number of carboxylic acids is 1. The van der Waals surface area contributed by atoms with Crippen molar-refractivity contribution in [3.05, 3.63) is 47.5 Å². The molecule has 2 atom stereocenters. The number of rotatable bonds is 4. The Hall–Kier alpha value is -0.980. The number of carbonyl (C=O) groups is 2. The molecule has 0 saturated heterocycles. The third-order valence-electron chi connectivity index (χ3n) is 3.46. The minimum absolute atomic E-state index is 0. The fourth-order valence-electron chi connectivity index (χ4n) is 2.26. The molecule has 2 rings (SSSR count). The third kappa shape index (κ3) is 4.76. The minimum Gasteiger partial charge on any atom is -0.550 e. The number of ketones is 1. The summed E-state index contributed by atoms with van der Waals surface area (Å²) in [6, 6.07) is 6.71. The van der Waals surface area contributed by atoms with Gasteiger partial charge in [0.1, 0.15) is 0 Å². The van der Waals surface area contributed by atoms with Crippen molar-refractivity contribution < 1.29 is 49.7 Å². The van der Waals surface area contributed by atoms with E-state index in [0.717, 1.165) is 5.56 Å². The first-order valence-corrected chi connectivity index (χ1v) is 6.20. The molecule has 0 aromatic heterocycles. The van der Waals surface area contributed by atoms with Crippen LogP contribution in [0.15, 0.2) is 36.4 Å². The Labute approximate surface area is 146 Å². The van der Waals surface area contributed by atoms with E-state index in [4.69, 9.17) is 0 Å². The minimum atomic E-state index is -1.11. The summed E-state index contributed by atoms with van der Waals surface area (Å²) in [6.45, 7) is 1.96. The average Bonchev–Trinajstić information content (AvgIpc) is 2.70. The van der Waals surface area contributed by atoms with Crippen LogP contribution in [0.5, 0.6) is 0 Å². The molecule has 0 amide bonds. The molecule has 0 radical (unpaired) electrons. The van der Waals surface area contributed by atoms with Crippen LogP contribution in [0, 0.1) is 6.92 Å². The number of benzene rings is 1. The zero-order valence-corrected chi connectivity index (χ0v) is 14.5. The van der Waals surface area contributed by atoms with Gasteiger partial charge in [0.05, 0.1) is 6.04 Å². The van der Waals surface area contributed by atoms with E-state index in [2.05, 4.69) is 0 Å². The van der Waals surface area contributed by atoms with E-state index < -0.39 is 12.0 Å².